The zero-order valence-electron chi connectivity index (χ0n) is 12.4. The quantitative estimate of drug-likeness (QED) is 0.760. The average molecular weight is 336 g/mol. The Morgan fingerprint density at radius 1 is 1.35 bits per heavy atom. The van der Waals surface area contributed by atoms with Crippen molar-refractivity contribution in [3.63, 3.8) is 0 Å². The molecule has 9 heteroatoms. The second-order valence-corrected chi connectivity index (χ2v) is 5.05. The van der Waals surface area contributed by atoms with Gasteiger partial charge in [0.1, 0.15) is 6.04 Å². The first-order chi connectivity index (χ1) is 11.0. The number of thiocarbonyl (C=S) groups is 1. The first-order valence-corrected chi connectivity index (χ1v) is 7.30. The smallest absolute Gasteiger partial charge is 0.426 e. The molecule has 0 aliphatic carbocycles. The Balaban J connectivity index is 2.31. The van der Waals surface area contributed by atoms with E-state index in [9.17, 15) is 14.4 Å². The van der Waals surface area contributed by atoms with Crippen LogP contribution in [0.2, 0.25) is 0 Å². The van der Waals surface area contributed by atoms with E-state index < -0.39 is 23.9 Å². The van der Waals surface area contributed by atoms with Crippen LogP contribution in [0.25, 0.3) is 0 Å². The summed E-state index contributed by atoms with van der Waals surface area (Å²) in [5.41, 5.74) is 8.10. The van der Waals surface area contributed by atoms with Gasteiger partial charge in [0.25, 0.3) is 5.91 Å². The normalized spacial score (nSPS) is 17.3. The fourth-order valence-corrected chi connectivity index (χ4v) is 2.53. The zero-order valence-corrected chi connectivity index (χ0v) is 13.2. The van der Waals surface area contributed by atoms with E-state index in [0.717, 1.165) is 5.01 Å². The van der Waals surface area contributed by atoms with Crippen LogP contribution in [0.5, 0.6) is 0 Å². The van der Waals surface area contributed by atoms with E-state index in [1.165, 1.54) is 4.90 Å². The van der Waals surface area contributed by atoms with Crippen LogP contribution in [-0.2, 0) is 14.3 Å². The molecule has 0 saturated carbocycles. The summed E-state index contributed by atoms with van der Waals surface area (Å²) in [5, 5.41) is 1.17. The third-order valence-corrected chi connectivity index (χ3v) is 3.49. The van der Waals surface area contributed by atoms with Crippen LogP contribution in [0, 0.1) is 0 Å². The summed E-state index contributed by atoms with van der Waals surface area (Å²) in [5.74, 6) is -1.13. The summed E-state index contributed by atoms with van der Waals surface area (Å²) in [4.78, 5) is 36.7. The van der Waals surface area contributed by atoms with Crippen LogP contribution >= 0.6 is 12.2 Å². The molecule has 0 spiro atoms. The van der Waals surface area contributed by atoms with Gasteiger partial charge in [0.2, 0.25) is 11.0 Å². The van der Waals surface area contributed by atoms with Crippen molar-refractivity contribution in [3.8, 4) is 0 Å². The molecule has 122 valence electrons. The molecule has 1 atom stereocenters. The lowest BCUT2D eigenvalue weighted by atomic mass is 10.2. The number of benzene rings is 1. The number of para-hydroxylation sites is 1. The Morgan fingerprint density at radius 3 is 2.57 bits per heavy atom. The van der Waals surface area contributed by atoms with E-state index in [1.807, 2.05) is 0 Å². The Morgan fingerprint density at radius 2 is 2.00 bits per heavy atom. The van der Waals surface area contributed by atoms with E-state index in [0.29, 0.717) is 5.69 Å². The van der Waals surface area contributed by atoms with Crippen molar-refractivity contribution >= 4 is 40.9 Å². The maximum atomic E-state index is 12.6. The minimum Gasteiger partial charge on any atom is -0.449 e. The monoisotopic (exact) mass is 336 g/mol. The zero-order chi connectivity index (χ0) is 17.0. The number of nitrogens with two attached hydrogens (primary N) is 1. The highest BCUT2D eigenvalue weighted by Crippen LogP contribution is 2.25. The number of anilines is 1. The molecular weight excluding hydrogens is 320 g/mol. The molecule has 1 heterocycles. The van der Waals surface area contributed by atoms with Gasteiger partial charge in [-0.2, -0.15) is 0 Å². The van der Waals surface area contributed by atoms with Crippen LogP contribution in [0.15, 0.2) is 30.3 Å². The van der Waals surface area contributed by atoms with Crippen molar-refractivity contribution < 1.29 is 19.1 Å². The summed E-state index contributed by atoms with van der Waals surface area (Å²) >= 11 is 5.26. The Labute approximate surface area is 138 Å². The van der Waals surface area contributed by atoms with Gasteiger partial charge in [0, 0.05) is 0 Å². The molecule has 8 nitrogen and oxygen atoms in total. The molecule has 0 bridgehead atoms. The van der Waals surface area contributed by atoms with Gasteiger partial charge < -0.3 is 10.5 Å². The van der Waals surface area contributed by atoms with Gasteiger partial charge in [0.15, 0.2) is 0 Å². The Bertz CT molecular complexity index is 637. The van der Waals surface area contributed by atoms with Crippen molar-refractivity contribution in [2.24, 2.45) is 5.73 Å². The highest BCUT2D eigenvalue weighted by atomic mass is 32.1. The largest absolute Gasteiger partial charge is 0.449 e. The molecule has 1 fully saturated rings. The maximum Gasteiger partial charge on any atom is 0.426 e. The molecule has 0 aromatic heterocycles. The Kier molecular flexibility index (Phi) is 5.12. The van der Waals surface area contributed by atoms with E-state index >= 15 is 0 Å². The molecule has 1 aliphatic heterocycles. The fraction of sp³-hybridized carbons (Fsp3) is 0.286. The number of hydrazine groups is 1. The SMILES string of the molecule is CCOC(=O)NN1C(=S)N(c2ccccc2)C(=O)C1CC(N)=O. The number of rotatable bonds is 5. The summed E-state index contributed by atoms with van der Waals surface area (Å²) in [7, 11) is 0. The number of carbonyl (C=O) groups excluding carboxylic acids is 3. The number of carbonyl (C=O) groups is 3. The third-order valence-electron chi connectivity index (χ3n) is 3.11. The van der Waals surface area contributed by atoms with Crippen molar-refractivity contribution in [3.05, 3.63) is 30.3 Å². The predicted molar refractivity (Wildman–Crippen MR) is 86.1 cm³/mol. The van der Waals surface area contributed by atoms with E-state index in [4.69, 9.17) is 22.7 Å². The van der Waals surface area contributed by atoms with Gasteiger partial charge in [0.05, 0.1) is 18.7 Å². The van der Waals surface area contributed by atoms with Crippen molar-refractivity contribution in [1.29, 1.82) is 0 Å². The number of hydrogen-bond donors (Lipinski definition) is 2. The van der Waals surface area contributed by atoms with Crippen molar-refractivity contribution in [2.75, 3.05) is 11.5 Å². The van der Waals surface area contributed by atoms with Gasteiger partial charge in [-0.05, 0) is 31.3 Å². The molecule has 3 N–H and O–H groups in total. The number of amides is 3. The number of nitrogens with one attached hydrogen (secondary N) is 1. The van der Waals surface area contributed by atoms with Crippen LogP contribution in [0.3, 0.4) is 0 Å². The second-order valence-electron chi connectivity index (χ2n) is 4.68. The van der Waals surface area contributed by atoms with E-state index in [2.05, 4.69) is 5.43 Å². The summed E-state index contributed by atoms with van der Waals surface area (Å²) < 4.78 is 4.78. The van der Waals surface area contributed by atoms with E-state index in [-0.39, 0.29) is 18.1 Å². The lowest BCUT2D eigenvalue weighted by Crippen LogP contribution is -2.50. The first kappa shape index (κ1) is 16.7. The maximum absolute atomic E-state index is 12.6. The Hall–Kier alpha value is -2.68. The lowest BCUT2D eigenvalue weighted by Gasteiger charge is -2.23. The number of nitrogens with zero attached hydrogens (tertiary/aromatic N) is 2. The van der Waals surface area contributed by atoms with Crippen LogP contribution in [0.4, 0.5) is 10.5 Å². The average Bonchev–Trinajstić information content (AvgIpc) is 2.72. The molecule has 1 aromatic carbocycles. The minimum absolute atomic E-state index is 0.0421. The highest BCUT2D eigenvalue weighted by molar-refractivity contribution is 7.80. The molecule has 1 unspecified atom stereocenters. The molecule has 2 rings (SSSR count). The van der Waals surface area contributed by atoms with Gasteiger partial charge in [-0.15, -0.1) is 0 Å². The number of ether oxygens (including phenoxy) is 1. The van der Waals surface area contributed by atoms with E-state index in [1.54, 1.807) is 37.3 Å². The molecular formula is C14H16N4O4S. The second kappa shape index (κ2) is 7.05. The molecule has 0 radical (unpaired) electrons. The van der Waals surface area contributed by atoms with Gasteiger partial charge in [-0.3, -0.25) is 14.5 Å². The van der Waals surface area contributed by atoms with Crippen molar-refractivity contribution in [2.45, 2.75) is 19.4 Å². The number of primary amides is 1. The van der Waals surface area contributed by atoms with Crippen LogP contribution in [-0.4, -0.2) is 40.7 Å². The van der Waals surface area contributed by atoms with Crippen LogP contribution in [0.1, 0.15) is 13.3 Å². The molecule has 1 saturated heterocycles. The summed E-state index contributed by atoms with van der Waals surface area (Å²) in [6, 6.07) is 7.66. The van der Waals surface area contributed by atoms with Crippen LogP contribution < -0.4 is 16.1 Å². The summed E-state index contributed by atoms with van der Waals surface area (Å²) in [6.07, 6.45) is -1.05. The third kappa shape index (κ3) is 3.57. The first-order valence-electron chi connectivity index (χ1n) is 6.89. The highest BCUT2D eigenvalue weighted by Gasteiger charge is 2.45. The lowest BCUT2D eigenvalue weighted by molar-refractivity contribution is -0.125. The van der Waals surface area contributed by atoms with Gasteiger partial charge in [-0.25, -0.2) is 15.2 Å². The minimum atomic E-state index is -1.01. The van der Waals surface area contributed by atoms with Gasteiger partial charge >= 0.3 is 6.09 Å². The van der Waals surface area contributed by atoms with Crippen molar-refractivity contribution in [1.82, 2.24) is 10.4 Å². The molecule has 3 amide bonds. The fourth-order valence-electron chi connectivity index (χ4n) is 2.17. The predicted octanol–water partition coefficient (Wildman–Crippen LogP) is 0.525. The molecule has 23 heavy (non-hydrogen) atoms. The molecule has 1 aliphatic rings. The topological polar surface area (TPSA) is 105 Å². The summed E-state index contributed by atoms with van der Waals surface area (Å²) in [6.45, 7) is 1.80. The van der Waals surface area contributed by atoms with Gasteiger partial charge in [-0.1, -0.05) is 18.2 Å². The standard InChI is InChI=1S/C14H16N4O4S/c1-2-22-13(21)16-18-10(8-11(15)19)12(20)17(14(18)23)9-6-4-3-5-7-9/h3-7,10H,2,8H2,1H3,(H2,15,19)(H,16,21). The molecule has 1 aromatic rings. The number of hydrogen-bond acceptors (Lipinski definition) is 5.